The van der Waals surface area contributed by atoms with E-state index in [2.05, 4.69) is 45.2 Å². The molecule has 0 saturated heterocycles. The van der Waals surface area contributed by atoms with Crippen LogP contribution >= 0.6 is 11.6 Å². The van der Waals surface area contributed by atoms with Gasteiger partial charge in [0.25, 0.3) is 0 Å². The Bertz CT molecular complexity index is 1090. The molecule has 6 nitrogen and oxygen atoms in total. The average molecular weight is 450 g/mol. The highest BCUT2D eigenvalue weighted by molar-refractivity contribution is 6.30. The van der Waals surface area contributed by atoms with Crippen molar-refractivity contribution in [1.29, 1.82) is 0 Å². The number of fused-ring (bicyclic) bond motifs is 1. The maximum Gasteiger partial charge on any atom is 0.247 e. The minimum Gasteiger partial charge on any atom is -0.370 e. The van der Waals surface area contributed by atoms with E-state index in [0.29, 0.717) is 17.5 Å². The largest absolute Gasteiger partial charge is 0.370 e. The van der Waals surface area contributed by atoms with Crippen molar-refractivity contribution < 1.29 is 4.79 Å². The van der Waals surface area contributed by atoms with Gasteiger partial charge in [0.2, 0.25) is 5.91 Å². The highest BCUT2D eigenvalue weighted by atomic mass is 35.5. The number of nitrogens with one attached hydrogen (secondary N) is 3. The number of benzene rings is 2. The monoisotopic (exact) mass is 449 g/mol. The SMILES string of the molecule is O=C(NCCCn1ccnc1)[C@H](Nc1ccc2c(c1)CNC2)c1cc(Cl)cc(C2CC2)c1. The second-order valence-electron chi connectivity index (χ2n) is 8.70. The van der Waals surface area contributed by atoms with E-state index in [0.717, 1.165) is 37.3 Å². The molecule has 32 heavy (non-hydrogen) atoms. The molecular formula is C25H28ClN5O. The van der Waals surface area contributed by atoms with Crippen LogP contribution in [0.15, 0.2) is 55.1 Å². The fourth-order valence-electron chi connectivity index (χ4n) is 4.30. The molecule has 1 atom stereocenters. The summed E-state index contributed by atoms with van der Waals surface area (Å²) in [6.07, 6.45) is 8.70. The molecule has 2 aromatic carbocycles. The molecule has 1 saturated carbocycles. The Kier molecular flexibility index (Phi) is 6.14. The standard InChI is InChI=1S/C25H28ClN5O/c26-22-11-19(17-2-3-17)10-20(12-22)24(25(32)29-6-1-8-31-9-7-27-16-31)30-23-5-4-18-14-28-15-21(18)13-23/h4-5,7,9-13,16-17,24,28,30H,1-3,6,8,14-15H2,(H,29,32)/t24-/m1/s1. The maximum absolute atomic E-state index is 13.3. The minimum atomic E-state index is -0.508. The molecule has 0 radical (unpaired) electrons. The predicted octanol–water partition coefficient (Wildman–Crippen LogP) is 4.38. The van der Waals surface area contributed by atoms with Crippen LogP contribution in [-0.2, 0) is 24.4 Å². The molecule has 0 unspecified atom stereocenters. The lowest BCUT2D eigenvalue weighted by molar-refractivity contribution is -0.121. The van der Waals surface area contributed by atoms with Crippen molar-refractivity contribution in [3.8, 4) is 0 Å². The van der Waals surface area contributed by atoms with Crippen LogP contribution in [0.3, 0.4) is 0 Å². The van der Waals surface area contributed by atoms with Crippen LogP contribution in [0.5, 0.6) is 0 Å². The molecule has 1 aliphatic heterocycles. The average Bonchev–Trinajstić information content (AvgIpc) is 3.31. The van der Waals surface area contributed by atoms with E-state index in [1.165, 1.54) is 29.5 Å². The van der Waals surface area contributed by atoms with Crippen molar-refractivity contribution in [3.63, 3.8) is 0 Å². The van der Waals surface area contributed by atoms with Gasteiger partial charge in [-0.3, -0.25) is 4.79 Å². The van der Waals surface area contributed by atoms with Crippen LogP contribution < -0.4 is 16.0 Å². The van der Waals surface area contributed by atoms with Gasteiger partial charge in [0.15, 0.2) is 0 Å². The topological polar surface area (TPSA) is 71.0 Å². The van der Waals surface area contributed by atoms with Crippen LogP contribution in [0.2, 0.25) is 5.02 Å². The van der Waals surface area contributed by atoms with Gasteiger partial charge in [-0.25, -0.2) is 4.98 Å². The third kappa shape index (κ3) is 4.97. The Labute approximate surface area is 193 Å². The second kappa shape index (κ2) is 9.35. The number of halogens is 1. The molecule has 5 rings (SSSR count). The fraction of sp³-hybridized carbons (Fsp3) is 0.360. The minimum absolute atomic E-state index is 0.0433. The smallest absolute Gasteiger partial charge is 0.247 e. The summed E-state index contributed by atoms with van der Waals surface area (Å²) in [6.45, 7) is 3.17. The van der Waals surface area contributed by atoms with Gasteiger partial charge in [0.05, 0.1) is 6.33 Å². The number of amides is 1. The summed E-state index contributed by atoms with van der Waals surface area (Å²) in [5.74, 6) is 0.524. The van der Waals surface area contributed by atoms with E-state index >= 15 is 0 Å². The van der Waals surface area contributed by atoms with Crippen LogP contribution in [0.25, 0.3) is 0 Å². The highest BCUT2D eigenvalue weighted by Gasteiger charge is 2.27. The molecule has 1 fully saturated rings. The third-order valence-corrected chi connectivity index (χ3v) is 6.40. The van der Waals surface area contributed by atoms with Crippen molar-refractivity contribution in [1.82, 2.24) is 20.2 Å². The molecule has 3 N–H and O–H groups in total. The number of rotatable bonds is 9. The number of aryl methyl sites for hydroxylation is 1. The molecule has 2 aliphatic rings. The van der Waals surface area contributed by atoms with Gasteiger partial charge in [-0.1, -0.05) is 23.7 Å². The zero-order valence-corrected chi connectivity index (χ0v) is 18.7. The summed E-state index contributed by atoms with van der Waals surface area (Å²) < 4.78 is 2.01. The van der Waals surface area contributed by atoms with E-state index in [1.54, 1.807) is 12.5 Å². The zero-order valence-electron chi connectivity index (χ0n) is 18.0. The molecule has 3 aromatic rings. The zero-order chi connectivity index (χ0) is 21.9. The van der Waals surface area contributed by atoms with Crippen molar-refractivity contribution in [2.45, 2.75) is 50.9 Å². The van der Waals surface area contributed by atoms with E-state index in [1.807, 2.05) is 22.9 Å². The van der Waals surface area contributed by atoms with Crippen molar-refractivity contribution in [2.24, 2.45) is 0 Å². The third-order valence-electron chi connectivity index (χ3n) is 6.19. The Morgan fingerprint density at radius 1 is 1.19 bits per heavy atom. The van der Waals surface area contributed by atoms with Gasteiger partial charge in [-0.15, -0.1) is 0 Å². The first kappa shape index (κ1) is 21.0. The summed E-state index contributed by atoms with van der Waals surface area (Å²) >= 11 is 6.46. The number of nitrogens with zero attached hydrogens (tertiary/aromatic N) is 2. The highest BCUT2D eigenvalue weighted by Crippen LogP contribution is 2.42. The summed E-state index contributed by atoms with van der Waals surface area (Å²) in [5, 5.41) is 10.6. The number of carbonyl (C=O) groups is 1. The molecular weight excluding hydrogens is 422 g/mol. The first-order valence-corrected chi connectivity index (χ1v) is 11.7. The fourth-order valence-corrected chi connectivity index (χ4v) is 4.55. The van der Waals surface area contributed by atoms with E-state index in [9.17, 15) is 4.79 Å². The molecule has 1 aliphatic carbocycles. The van der Waals surface area contributed by atoms with E-state index < -0.39 is 6.04 Å². The molecule has 0 spiro atoms. The van der Waals surface area contributed by atoms with Crippen molar-refractivity contribution in [2.75, 3.05) is 11.9 Å². The summed E-state index contributed by atoms with van der Waals surface area (Å²) in [4.78, 5) is 17.4. The Balaban J connectivity index is 1.33. The van der Waals surface area contributed by atoms with E-state index in [-0.39, 0.29) is 5.91 Å². The molecule has 2 heterocycles. The number of carbonyl (C=O) groups excluding carboxylic acids is 1. The Morgan fingerprint density at radius 3 is 2.88 bits per heavy atom. The van der Waals surface area contributed by atoms with Crippen LogP contribution in [-0.4, -0.2) is 22.0 Å². The Morgan fingerprint density at radius 2 is 2.06 bits per heavy atom. The Hall–Kier alpha value is -2.83. The van der Waals surface area contributed by atoms with E-state index in [4.69, 9.17) is 11.6 Å². The lowest BCUT2D eigenvalue weighted by atomic mass is 10.00. The number of hydrogen-bond acceptors (Lipinski definition) is 4. The molecule has 1 amide bonds. The van der Waals surface area contributed by atoms with Gasteiger partial charge in [-0.2, -0.15) is 0 Å². The predicted molar refractivity (Wildman–Crippen MR) is 127 cm³/mol. The number of anilines is 1. The number of aromatic nitrogens is 2. The lowest BCUT2D eigenvalue weighted by Gasteiger charge is -2.22. The van der Waals surface area contributed by atoms with Crippen LogP contribution in [0, 0.1) is 0 Å². The normalized spacial score (nSPS) is 15.9. The molecule has 1 aromatic heterocycles. The van der Waals surface area contributed by atoms with Crippen LogP contribution in [0.1, 0.15) is 53.5 Å². The quantitative estimate of drug-likeness (QED) is 0.424. The van der Waals surface area contributed by atoms with Gasteiger partial charge >= 0.3 is 0 Å². The summed E-state index contributed by atoms with van der Waals surface area (Å²) in [6, 6.07) is 11.9. The number of hydrogen-bond donors (Lipinski definition) is 3. The molecule has 7 heteroatoms. The van der Waals surface area contributed by atoms with Gasteiger partial charge in [0, 0.05) is 49.3 Å². The first-order valence-electron chi connectivity index (χ1n) is 11.3. The first-order chi connectivity index (χ1) is 15.7. The van der Waals surface area contributed by atoms with Gasteiger partial charge in [-0.05, 0) is 71.7 Å². The summed E-state index contributed by atoms with van der Waals surface area (Å²) in [5.41, 5.74) is 5.67. The van der Waals surface area contributed by atoms with Crippen LogP contribution in [0.4, 0.5) is 5.69 Å². The summed E-state index contributed by atoms with van der Waals surface area (Å²) in [7, 11) is 0. The maximum atomic E-state index is 13.3. The lowest BCUT2D eigenvalue weighted by Crippen LogP contribution is -2.34. The van der Waals surface area contributed by atoms with Crippen molar-refractivity contribution in [3.05, 3.63) is 82.4 Å². The van der Waals surface area contributed by atoms with Gasteiger partial charge < -0.3 is 20.5 Å². The molecule has 166 valence electrons. The van der Waals surface area contributed by atoms with Gasteiger partial charge in [0.1, 0.15) is 6.04 Å². The number of imidazole rings is 1. The molecule has 0 bridgehead atoms. The second-order valence-corrected chi connectivity index (χ2v) is 9.14. The van der Waals surface area contributed by atoms with Crippen molar-refractivity contribution >= 4 is 23.2 Å².